The second-order valence-corrected chi connectivity index (χ2v) is 7.35. The highest BCUT2D eigenvalue weighted by atomic mass is 16.4. The molecule has 0 atom stereocenters. The number of hydrogen-bond donors (Lipinski definition) is 2. The number of carboxylic acids is 1. The van der Waals surface area contributed by atoms with Crippen molar-refractivity contribution >= 4 is 11.9 Å². The summed E-state index contributed by atoms with van der Waals surface area (Å²) in [4.78, 5) is 22.4. The summed E-state index contributed by atoms with van der Waals surface area (Å²) in [6.07, 6.45) is 19.4. The molecule has 0 aliphatic carbocycles. The van der Waals surface area contributed by atoms with Gasteiger partial charge in [-0.05, 0) is 50.3 Å². The lowest BCUT2D eigenvalue weighted by atomic mass is 10.1. The van der Waals surface area contributed by atoms with E-state index in [0.717, 1.165) is 26.4 Å². The lowest BCUT2D eigenvalue weighted by molar-refractivity contribution is -0.134. The highest BCUT2D eigenvalue weighted by molar-refractivity contribution is 5.77. The molecule has 0 bridgehead atoms. The van der Waals surface area contributed by atoms with Crippen molar-refractivity contribution in [1.82, 2.24) is 15.3 Å². The number of aliphatic carboxylic acids is 1. The summed E-state index contributed by atoms with van der Waals surface area (Å²) < 4.78 is 0. The zero-order chi connectivity index (χ0) is 23.6. The first-order chi connectivity index (χ1) is 15.5. The minimum absolute atomic E-state index is 0.285. The van der Waals surface area contributed by atoms with Crippen molar-refractivity contribution in [3.05, 3.63) is 84.2 Å². The fourth-order valence-corrected chi connectivity index (χ4v) is 3.15. The Labute approximate surface area is 192 Å². The van der Waals surface area contributed by atoms with E-state index >= 15 is 0 Å². The number of carboxylic acid groups (broad SMARTS) is 1. The average Bonchev–Trinajstić information content (AvgIpc) is 2.82. The molecular weight excluding hydrogens is 402 g/mol. The molecule has 32 heavy (non-hydrogen) atoms. The van der Waals surface area contributed by atoms with Crippen LogP contribution in [0.1, 0.15) is 45.1 Å². The van der Waals surface area contributed by atoms with Gasteiger partial charge in [0.15, 0.2) is 0 Å². The number of carbonyl (C=O) groups is 2. The van der Waals surface area contributed by atoms with Crippen LogP contribution >= 0.6 is 0 Å². The molecule has 1 amide bonds. The molecule has 1 aromatic rings. The van der Waals surface area contributed by atoms with Crippen molar-refractivity contribution in [2.45, 2.75) is 46.0 Å². The van der Waals surface area contributed by atoms with Crippen LogP contribution in [-0.2, 0) is 16.0 Å². The summed E-state index contributed by atoms with van der Waals surface area (Å²) >= 11 is 0. The lowest BCUT2D eigenvalue weighted by Crippen LogP contribution is -2.35. The quantitative estimate of drug-likeness (QED) is 0.651. The third-order valence-corrected chi connectivity index (χ3v) is 4.76. The molecule has 1 aromatic carbocycles. The summed E-state index contributed by atoms with van der Waals surface area (Å²) in [6, 6.07) is 10.5. The van der Waals surface area contributed by atoms with Crippen molar-refractivity contribution in [2.24, 2.45) is 0 Å². The fraction of sp³-hybridized carbons (Fsp3) is 0.385. The summed E-state index contributed by atoms with van der Waals surface area (Å²) in [7, 11) is 1.92. The molecule has 174 valence electrons. The van der Waals surface area contributed by atoms with Gasteiger partial charge in [0.05, 0.1) is 5.70 Å². The van der Waals surface area contributed by atoms with E-state index in [4.69, 9.17) is 9.90 Å². The SMILES string of the molecule is C/C=C/CC(=O)N1CCCCC1.CC(=O)O.CNN1C=CC=C/C1=C/Cc1ccccc1. The second kappa shape index (κ2) is 16.6. The molecule has 0 spiro atoms. The maximum atomic E-state index is 11.4. The highest BCUT2D eigenvalue weighted by Gasteiger charge is 2.14. The Balaban J connectivity index is 0.000000283. The van der Waals surface area contributed by atoms with E-state index in [-0.39, 0.29) is 5.91 Å². The van der Waals surface area contributed by atoms with E-state index in [9.17, 15) is 4.79 Å². The molecule has 1 fully saturated rings. The van der Waals surface area contributed by atoms with Crippen molar-refractivity contribution < 1.29 is 14.7 Å². The second-order valence-electron chi connectivity index (χ2n) is 7.35. The number of piperidine rings is 1. The molecule has 2 aliphatic heterocycles. The van der Waals surface area contributed by atoms with E-state index in [1.54, 1.807) is 0 Å². The van der Waals surface area contributed by atoms with Gasteiger partial charge in [-0.25, -0.2) is 5.43 Å². The molecule has 3 rings (SSSR count). The summed E-state index contributed by atoms with van der Waals surface area (Å²) in [5.74, 6) is -0.548. The third-order valence-electron chi connectivity index (χ3n) is 4.76. The molecule has 0 radical (unpaired) electrons. The minimum Gasteiger partial charge on any atom is -0.481 e. The van der Waals surface area contributed by atoms with Gasteiger partial charge < -0.3 is 10.0 Å². The number of likely N-dealkylation sites (tertiary alicyclic amines) is 1. The van der Waals surface area contributed by atoms with Crippen LogP contribution in [0.25, 0.3) is 0 Å². The molecular formula is C26H37N3O3. The number of carbonyl (C=O) groups excluding carboxylic acids is 1. The molecule has 0 unspecified atom stereocenters. The van der Waals surface area contributed by atoms with Gasteiger partial charge in [-0.2, -0.15) is 0 Å². The zero-order valence-electron chi connectivity index (χ0n) is 19.5. The lowest BCUT2D eigenvalue weighted by Gasteiger charge is -2.26. The van der Waals surface area contributed by atoms with E-state index in [0.29, 0.717) is 6.42 Å². The summed E-state index contributed by atoms with van der Waals surface area (Å²) in [6.45, 7) is 4.97. The minimum atomic E-state index is -0.833. The van der Waals surface area contributed by atoms with Gasteiger partial charge in [0, 0.05) is 39.7 Å². The number of rotatable bonds is 5. The van der Waals surface area contributed by atoms with Gasteiger partial charge in [-0.1, -0.05) is 54.6 Å². The maximum Gasteiger partial charge on any atom is 0.300 e. The van der Waals surface area contributed by atoms with Crippen molar-refractivity contribution in [1.29, 1.82) is 0 Å². The van der Waals surface area contributed by atoms with Crippen molar-refractivity contribution in [3.8, 4) is 0 Å². The van der Waals surface area contributed by atoms with E-state index < -0.39 is 5.97 Å². The Morgan fingerprint density at radius 1 is 1.09 bits per heavy atom. The number of allylic oxidation sites excluding steroid dienone is 5. The molecule has 0 aromatic heterocycles. The van der Waals surface area contributed by atoms with E-state index in [1.807, 2.05) is 60.5 Å². The first kappa shape index (κ1) is 26.9. The van der Waals surface area contributed by atoms with Crippen molar-refractivity contribution in [2.75, 3.05) is 20.1 Å². The molecule has 2 N–H and O–H groups in total. The monoisotopic (exact) mass is 439 g/mol. The maximum absolute atomic E-state index is 11.4. The van der Waals surface area contributed by atoms with Crippen LogP contribution in [0, 0.1) is 0 Å². The Morgan fingerprint density at radius 3 is 2.34 bits per heavy atom. The van der Waals surface area contributed by atoms with Gasteiger partial charge in [0.2, 0.25) is 5.91 Å². The third kappa shape index (κ3) is 11.9. The number of hydrazine groups is 1. The number of nitrogens with zero attached hydrogens (tertiary/aromatic N) is 2. The van der Waals surface area contributed by atoms with Gasteiger partial charge in [-0.3, -0.25) is 14.6 Å². The fourth-order valence-electron chi connectivity index (χ4n) is 3.15. The Kier molecular flexibility index (Phi) is 13.9. The predicted octanol–water partition coefficient (Wildman–Crippen LogP) is 4.69. The van der Waals surface area contributed by atoms with Crippen molar-refractivity contribution in [3.63, 3.8) is 0 Å². The number of benzene rings is 1. The van der Waals surface area contributed by atoms with Crippen LogP contribution in [0.3, 0.4) is 0 Å². The van der Waals surface area contributed by atoms with Crippen LogP contribution in [0.4, 0.5) is 0 Å². The first-order valence-corrected chi connectivity index (χ1v) is 11.1. The topological polar surface area (TPSA) is 72.9 Å². The van der Waals surface area contributed by atoms with Gasteiger partial charge >= 0.3 is 0 Å². The van der Waals surface area contributed by atoms with E-state index in [1.165, 1.54) is 30.5 Å². The van der Waals surface area contributed by atoms with Crippen LogP contribution < -0.4 is 5.43 Å². The van der Waals surface area contributed by atoms with Crippen LogP contribution in [0.15, 0.2) is 78.7 Å². The molecule has 6 heteroatoms. The Hall–Kier alpha value is -3.12. The molecule has 0 saturated carbocycles. The van der Waals surface area contributed by atoms with Crippen LogP contribution in [0.2, 0.25) is 0 Å². The molecule has 6 nitrogen and oxygen atoms in total. The first-order valence-electron chi connectivity index (χ1n) is 11.1. The normalized spacial score (nSPS) is 16.3. The zero-order valence-corrected chi connectivity index (χ0v) is 19.5. The smallest absolute Gasteiger partial charge is 0.300 e. The van der Waals surface area contributed by atoms with Gasteiger partial charge in [-0.15, -0.1) is 0 Å². The summed E-state index contributed by atoms with van der Waals surface area (Å²) in [5.41, 5.74) is 5.62. The van der Waals surface area contributed by atoms with Gasteiger partial charge in [0.1, 0.15) is 0 Å². The van der Waals surface area contributed by atoms with Crippen LogP contribution in [-0.4, -0.2) is 47.0 Å². The number of nitrogens with one attached hydrogen (secondary N) is 1. The Morgan fingerprint density at radius 2 is 1.75 bits per heavy atom. The molecule has 2 aliphatic rings. The predicted molar refractivity (Wildman–Crippen MR) is 131 cm³/mol. The highest BCUT2D eigenvalue weighted by Crippen LogP contribution is 2.11. The number of hydrogen-bond acceptors (Lipinski definition) is 4. The molecule has 1 saturated heterocycles. The summed E-state index contributed by atoms with van der Waals surface area (Å²) in [5, 5.41) is 9.42. The number of amides is 1. The largest absolute Gasteiger partial charge is 0.481 e. The molecule has 2 heterocycles. The van der Waals surface area contributed by atoms with Crippen LogP contribution in [0.5, 0.6) is 0 Å². The average molecular weight is 440 g/mol. The van der Waals surface area contributed by atoms with E-state index in [2.05, 4.69) is 41.8 Å². The Bertz CT molecular complexity index is 788. The van der Waals surface area contributed by atoms with Gasteiger partial charge in [0.25, 0.3) is 5.97 Å². The standard InChI is InChI=1S/C14H16N2.C10H17NO.C2H4O2/c1-15-16-12-6-5-9-14(16)11-10-13-7-3-2-4-8-13;1-2-3-7-10(12)11-8-5-4-6-9-11;1-2(3)4/h2-9,11-12,15H,10H2,1H3;2-3H,4-9H2,1H3;1H3,(H,3,4)/b14-11-;3-2+;.